The summed E-state index contributed by atoms with van der Waals surface area (Å²) in [4.78, 5) is 16.0. The van der Waals surface area contributed by atoms with Gasteiger partial charge < -0.3 is 5.32 Å². The van der Waals surface area contributed by atoms with Crippen molar-refractivity contribution in [3.63, 3.8) is 0 Å². The second kappa shape index (κ2) is 9.90. The summed E-state index contributed by atoms with van der Waals surface area (Å²) in [7, 11) is 0. The molecule has 2 aromatic heterocycles. The number of hydrogen-bond acceptors (Lipinski definition) is 3. The lowest BCUT2D eigenvalue weighted by atomic mass is 10.1. The van der Waals surface area contributed by atoms with E-state index in [4.69, 9.17) is 0 Å². The largest absolute Gasteiger partial charge is 0.321 e. The van der Waals surface area contributed by atoms with Crippen LogP contribution in [0, 0.1) is 19.7 Å². The van der Waals surface area contributed by atoms with Gasteiger partial charge in [-0.25, -0.2) is 8.84 Å². The highest BCUT2D eigenvalue weighted by Gasteiger charge is 2.07. The van der Waals surface area contributed by atoms with Crippen LogP contribution in [-0.4, -0.2) is 20.4 Å². The van der Waals surface area contributed by atoms with Crippen LogP contribution in [0.4, 0.5) is 10.1 Å². The normalized spacial score (nSPS) is 11.2. The molecule has 3 rings (SSSR count). The number of rotatable bonds is 4. The van der Waals surface area contributed by atoms with Gasteiger partial charge in [0.25, 0.3) is 0 Å². The van der Waals surface area contributed by atoms with Gasteiger partial charge in [-0.1, -0.05) is 26.0 Å². The molecule has 1 N–H and O–H groups in total. The Morgan fingerprint density at radius 2 is 2.00 bits per heavy atom. The smallest absolute Gasteiger partial charge is 0.248 e. The lowest BCUT2D eigenvalue weighted by molar-refractivity contribution is -0.111. The maximum absolute atomic E-state index is 13.2. The first kappa shape index (κ1) is 21.4. The fourth-order valence-electron chi connectivity index (χ4n) is 2.44. The zero-order valence-corrected chi connectivity index (χ0v) is 18.7. The van der Waals surface area contributed by atoms with E-state index < -0.39 is 5.82 Å². The highest BCUT2D eigenvalue weighted by atomic mass is 127. The summed E-state index contributed by atoms with van der Waals surface area (Å²) >= 11 is 2.29. The molecular weight excluding hydrogens is 477 g/mol. The molecule has 27 heavy (non-hydrogen) atoms. The Bertz CT molecular complexity index is 987. The third-order valence-electron chi connectivity index (χ3n) is 3.71. The van der Waals surface area contributed by atoms with Crippen molar-refractivity contribution in [2.75, 3.05) is 5.32 Å². The molecule has 0 fully saturated rings. The number of aromatic nitrogens is 3. The molecule has 0 bridgehead atoms. The highest BCUT2D eigenvalue weighted by molar-refractivity contribution is 14.2. The van der Waals surface area contributed by atoms with Gasteiger partial charge in [-0.05, 0) is 53.6 Å². The average molecular weight is 498 g/mol. The van der Waals surface area contributed by atoms with Gasteiger partial charge >= 0.3 is 0 Å². The molecule has 8 heteroatoms. The fourth-order valence-corrected chi connectivity index (χ4v) is 4.00. The Morgan fingerprint density at radius 1 is 1.26 bits per heavy atom. The Labute approximate surface area is 172 Å². The third kappa shape index (κ3) is 5.32. The number of carbonyl (C=O) groups is 1. The number of nitrogens with one attached hydrogen (secondary N) is 1. The zero-order chi connectivity index (χ0) is 20.0. The quantitative estimate of drug-likeness (QED) is 0.287. The molecule has 2 heterocycles. The van der Waals surface area contributed by atoms with E-state index in [9.17, 15) is 9.18 Å². The predicted molar refractivity (Wildman–Crippen MR) is 120 cm³/mol. The molecule has 0 saturated carbocycles. The molecule has 0 aliphatic carbocycles. The number of hydrogen-bond donors (Lipinski definition) is 1. The summed E-state index contributed by atoms with van der Waals surface area (Å²) in [6.45, 7) is 7.69. The van der Waals surface area contributed by atoms with Crippen molar-refractivity contribution in [1.29, 1.82) is 0 Å². The third-order valence-corrected chi connectivity index (χ3v) is 5.58. The molecule has 1 aromatic carbocycles. The summed E-state index contributed by atoms with van der Waals surface area (Å²) in [5.74, 6) is -0.824. The lowest BCUT2D eigenvalue weighted by Crippen LogP contribution is -2.09. The van der Waals surface area contributed by atoms with Gasteiger partial charge in [0.15, 0.2) is 0 Å². The van der Waals surface area contributed by atoms with Gasteiger partial charge in [0.05, 0.1) is 35.2 Å². The van der Waals surface area contributed by atoms with Gasteiger partial charge in [0, 0.05) is 17.5 Å². The number of anilines is 1. The average Bonchev–Trinajstić information content (AvgIpc) is 3.00. The van der Waals surface area contributed by atoms with Crippen LogP contribution in [0.25, 0.3) is 17.0 Å². The van der Waals surface area contributed by atoms with Crippen molar-refractivity contribution in [1.82, 2.24) is 14.5 Å². The van der Waals surface area contributed by atoms with E-state index in [1.807, 2.05) is 43.4 Å². The van der Waals surface area contributed by atoms with Crippen LogP contribution < -0.4 is 5.32 Å². The number of pyridine rings is 1. The molecule has 3 aromatic rings. The van der Waals surface area contributed by atoms with Gasteiger partial charge in [0.1, 0.15) is 5.82 Å². The standard InChI is InChI=1S/C17H15FIN4OP.C2H6/c1-10-14-5-3-12(7-16(14)23(22-10)25-19)4-6-17(24)21-15-8-13(18)9-20-11(15)2;1-2/h3-9,25H,1-2H3,(H,21,24);1-2H3/b6-4+;. The number of halogens is 2. The van der Waals surface area contributed by atoms with E-state index in [0.717, 1.165) is 28.4 Å². The van der Waals surface area contributed by atoms with Crippen LogP contribution in [0.3, 0.4) is 0 Å². The predicted octanol–water partition coefficient (Wildman–Crippen LogP) is 5.66. The van der Waals surface area contributed by atoms with Crippen molar-refractivity contribution in [2.45, 2.75) is 27.7 Å². The minimum atomic E-state index is -0.487. The molecule has 0 aliphatic heterocycles. The first-order valence-electron chi connectivity index (χ1n) is 8.45. The molecular formula is C19H21FIN4OP. The zero-order valence-electron chi connectivity index (χ0n) is 15.5. The number of carbonyl (C=O) groups excluding carboxylic acids is 1. The summed E-state index contributed by atoms with van der Waals surface area (Å²) in [6.07, 6.45) is 4.77. The second-order valence-electron chi connectivity index (χ2n) is 5.47. The van der Waals surface area contributed by atoms with Crippen LogP contribution >= 0.6 is 28.4 Å². The first-order chi connectivity index (χ1) is 13.0. The van der Waals surface area contributed by atoms with Gasteiger partial charge in [-0.3, -0.25) is 9.78 Å². The Hall–Kier alpha value is -1.86. The number of fused-ring (bicyclic) bond motifs is 1. The van der Waals surface area contributed by atoms with Crippen molar-refractivity contribution in [3.05, 3.63) is 59.3 Å². The van der Waals surface area contributed by atoms with Crippen LogP contribution in [0.2, 0.25) is 0 Å². The maximum atomic E-state index is 13.2. The van der Waals surface area contributed by atoms with E-state index in [2.05, 4.69) is 37.4 Å². The van der Waals surface area contributed by atoms with E-state index in [1.54, 1.807) is 13.0 Å². The Morgan fingerprint density at radius 3 is 2.70 bits per heavy atom. The molecule has 1 atom stereocenters. The van der Waals surface area contributed by atoms with E-state index in [-0.39, 0.29) is 5.91 Å². The molecule has 1 amide bonds. The highest BCUT2D eigenvalue weighted by Crippen LogP contribution is 2.30. The second-order valence-corrected chi connectivity index (χ2v) is 7.51. The molecule has 0 saturated heterocycles. The van der Waals surface area contributed by atoms with E-state index in [1.165, 1.54) is 12.1 Å². The Balaban J connectivity index is 0.00000126. The van der Waals surface area contributed by atoms with E-state index in [0.29, 0.717) is 17.8 Å². The van der Waals surface area contributed by atoms with Crippen LogP contribution in [-0.2, 0) is 4.79 Å². The van der Waals surface area contributed by atoms with Gasteiger partial charge in [-0.2, -0.15) is 5.10 Å². The summed E-state index contributed by atoms with van der Waals surface area (Å²) < 4.78 is 15.2. The molecule has 1 unspecified atom stereocenters. The minimum Gasteiger partial charge on any atom is -0.321 e. The number of aryl methyl sites for hydroxylation is 2. The topological polar surface area (TPSA) is 59.8 Å². The lowest BCUT2D eigenvalue weighted by Gasteiger charge is -2.05. The maximum Gasteiger partial charge on any atom is 0.248 e. The number of amides is 1. The van der Waals surface area contributed by atoms with Crippen LogP contribution in [0.5, 0.6) is 0 Å². The van der Waals surface area contributed by atoms with Crippen molar-refractivity contribution >= 4 is 57.0 Å². The van der Waals surface area contributed by atoms with Gasteiger partial charge in [0.2, 0.25) is 5.91 Å². The number of benzene rings is 1. The van der Waals surface area contributed by atoms with Crippen molar-refractivity contribution in [3.8, 4) is 0 Å². The molecule has 0 aliphatic rings. The monoisotopic (exact) mass is 498 g/mol. The molecule has 0 radical (unpaired) electrons. The van der Waals surface area contributed by atoms with Gasteiger partial charge in [-0.15, -0.1) is 0 Å². The van der Waals surface area contributed by atoms with Crippen LogP contribution in [0.1, 0.15) is 30.8 Å². The van der Waals surface area contributed by atoms with Crippen molar-refractivity contribution < 1.29 is 9.18 Å². The molecule has 0 spiro atoms. The number of nitrogens with zero attached hydrogens (tertiary/aromatic N) is 3. The molecule has 5 nitrogen and oxygen atoms in total. The minimum absolute atomic E-state index is 0.337. The summed E-state index contributed by atoms with van der Waals surface area (Å²) in [6, 6.07) is 7.20. The molecule has 142 valence electrons. The fraction of sp³-hybridized carbons (Fsp3) is 0.211. The van der Waals surface area contributed by atoms with E-state index >= 15 is 0 Å². The Kier molecular flexibility index (Phi) is 7.86. The van der Waals surface area contributed by atoms with Crippen molar-refractivity contribution in [2.24, 2.45) is 0 Å². The summed E-state index contributed by atoms with van der Waals surface area (Å²) in [5, 5.41) is 8.24. The first-order valence-corrected chi connectivity index (χ1v) is 12.5. The summed E-state index contributed by atoms with van der Waals surface area (Å²) in [5.41, 5.74) is 3.85. The van der Waals surface area contributed by atoms with Crippen LogP contribution in [0.15, 0.2) is 36.5 Å². The SMILES string of the molecule is CC.Cc1ncc(F)cc1NC(=O)/C=C/c1ccc2c(C)nn(PI)c2c1.